The topological polar surface area (TPSA) is 63.8 Å². The van der Waals surface area contributed by atoms with Gasteiger partial charge in [0.2, 0.25) is 0 Å². The number of rotatable bonds is 3. The Labute approximate surface area is 139 Å². The average molecular weight is 324 g/mol. The lowest BCUT2D eigenvalue weighted by atomic mass is 9.92. The summed E-state index contributed by atoms with van der Waals surface area (Å²) in [5.41, 5.74) is 8.43. The molecule has 0 aliphatic heterocycles. The van der Waals surface area contributed by atoms with Gasteiger partial charge < -0.3 is 11.1 Å². The summed E-state index contributed by atoms with van der Waals surface area (Å²) in [5, 5.41) is 6.96. The molecule has 0 unspecified atom stereocenters. The smallest absolute Gasteiger partial charge is 0.139 e. The first-order valence-electron chi connectivity index (χ1n) is 8.11. The lowest BCUT2D eigenvalue weighted by Crippen LogP contribution is -2.33. The van der Waals surface area contributed by atoms with Crippen molar-refractivity contribution >= 4 is 27.4 Å². The Balaban J connectivity index is 1.71. The molecule has 0 bridgehead atoms. The highest BCUT2D eigenvalue weighted by Gasteiger charge is 2.20. The molecule has 0 radical (unpaired) electrons. The number of hydrogen-bond acceptors (Lipinski definition) is 5. The lowest BCUT2D eigenvalue weighted by Gasteiger charge is -2.27. The molecule has 1 aliphatic rings. The van der Waals surface area contributed by atoms with Gasteiger partial charge in [0.15, 0.2) is 0 Å². The fourth-order valence-electron chi connectivity index (χ4n) is 3.27. The quantitative estimate of drug-likeness (QED) is 0.763. The van der Waals surface area contributed by atoms with Crippen LogP contribution in [0, 0.1) is 0 Å². The Bertz CT molecular complexity index is 791. The first kappa shape index (κ1) is 14.6. The molecule has 3 N–H and O–H groups in total. The normalized spacial score (nSPS) is 21.4. The number of nitrogens with zero attached hydrogens (tertiary/aromatic N) is 2. The number of nitrogens with one attached hydrogen (secondary N) is 1. The van der Waals surface area contributed by atoms with Gasteiger partial charge in [-0.25, -0.2) is 9.97 Å². The van der Waals surface area contributed by atoms with Crippen LogP contribution < -0.4 is 11.1 Å². The Morgan fingerprint density at radius 2 is 1.83 bits per heavy atom. The van der Waals surface area contributed by atoms with E-state index in [1.165, 1.54) is 11.1 Å². The van der Waals surface area contributed by atoms with Gasteiger partial charge >= 0.3 is 0 Å². The van der Waals surface area contributed by atoms with E-state index in [2.05, 4.69) is 44.9 Å². The molecule has 0 amide bonds. The molecule has 3 aromatic rings. The third-order valence-corrected chi connectivity index (χ3v) is 5.45. The number of anilines is 1. The molecule has 1 aliphatic carbocycles. The molecule has 5 heteroatoms. The van der Waals surface area contributed by atoms with E-state index in [0.29, 0.717) is 12.1 Å². The number of nitrogens with two attached hydrogens (primary N) is 1. The van der Waals surface area contributed by atoms with Crippen molar-refractivity contribution in [2.45, 2.75) is 37.8 Å². The third kappa shape index (κ3) is 2.94. The van der Waals surface area contributed by atoms with Gasteiger partial charge in [-0.05, 0) is 31.2 Å². The van der Waals surface area contributed by atoms with Crippen LogP contribution >= 0.6 is 11.3 Å². The predicted molar refractivity (Wildman–Crippen MR) is 96.7 cm³/mol. The van der Waals surface area contributed by atoms with E-state index in [9.17, 15) is 0 Å². The molecule has 1 saturated carbocycles. The Morgan fingerprint density at radius 3 is 2.61 bits per heavy atom. The van der Waals surface area contributed by atoms with E-state index in [1.54, 1.807) is 17.7 Å². The molecule has 1 aromatic carbocycles. The maximum absolute atomic E-state index is 6.01. The second kappa shape index (κ2) is 6.26. The van der Waals surface area contributed by atoms with Crippen molar-refractivity contribution in [3.63, 3.8) is 0 Å². The van der Waals surface area contributed by atoms with E-state index in [0.717, 1.165) is 41.7 Å². The predicted octanol–water partition coefficient (Wildman–Crippen LogP) is 4.04. The van der Waals surface area contributed by atoms with Crippen LogP contribution in [-0.4, -0.2) is 22.1 Å². The minimum Gasteiger partial charge on any atom is -0.367 e. The molecule has 1 fully saturated rings. The Kier molecular flexibility index (Phi) is 3.97. The number of fused-ring (bicyclic) bond motifs is 1. The first-order chi connectivity index (χ1) is 11.3. The van der Waals surface area contributed by atoms with Gasteiger partial charge in [-0.1, -0.05) is 30.3 Å². The summed E-state index contributed by atoms with van der Waals surface area (Å²) < 4.78 is 0. The molecule has 0 spiro atoms. The Morgan fingerprint density at radius 1 is 1.04 bits per heavy atom. The minimum atomic E-state index is 0.361. The second-order valence-corrected chi connectivity index (χ2v) is 7.03. The van der Waals surface area contributed by atoms with Crippen LogP contribution in [0.3, 0.4) is 0 Å². The lowest BCUT2D eigenvalue weighted by molar-refractivity contribution is 0.410. The van der Waals surface area contributed by atoms with Crippen molar-refractivity contribution in [1.29, 1.82) is 0 Å². The maximum atomic E-state index is 6.01. The molecule has 0 saturated heterocycles. The summed E-state index contributed by atoms with van der Waals surface area (Å²) in [6.45, 7) is 0. The fourth-order valence-corrected chi connectivity index (χ4v) is 4.19. The van der Waals surface area contributed by atoms with Gasteiger partial charge in [0.25, 0.3) is 0 Å². The van der Waals surface area contributed by atoms with Gasteiger partial charge in [0.05, 0.1) is 5.39 Å². The number of benzene rings is 1. The third-order valence-electron chi connectivity index (χ3n) is 4.57. The van der Waals surface area contributed by atoms with Crippen LogP contribution in [0.2, 0.25) is 0 Å². The van der Waals surface area contributed by atoms with Gasteiger partial charge in [0.1, 0.15) is 17.0 Å². The van der Waals surface area contributed by atoms with Crippen molar-refractivity contribution in [1.82, 2.24) is 9.97 Å². The summed E-state index contributed by atoms with van der Waals surface area (Å²) in [6, 6.07) is 11.3. The van der Waals surface area contributed by atoms with Crippen LogP contribution in [0.1, 0.15) is 25.7 Å². The largest absolute Gasteiger partial charge is 0.367 e. The minimum absolute atomic E-state index is 0.361. The highest BCUT2D eigenvalue weighted by molar-refractivity contribution is 7.17. The van der Waals surface area contributed by atoms with Crippen LogP contribution in [0.15, 0.2) is 42.0 Å². The zero-order chi connectivity index (χ0) is 15.6. The summed E-state index contributed by atoms with van der Waals surface area (Å²) in [4.78, 5) is 10.0. The summed E-state index contributed by atoms with van der Waals surface area (Å²) >= 11 is 1.67. The number of thiophene rings is 1. The van der Waals surface area contributed by atoms with Gasteiger partial charge in [-0.15, -0.1) is 11.3 Å². The second-order valence-electron chi connectivity index (χ2n) is 6.17. The molecule has 2 aromatic heterocycles. The fraction of sp³-hybridized carbons (Fsp3) is 0.333. The highest BCUT2D eigenvalue weighted by atomic mass is 32.1. The number of hydrogen-bond donors (Lipinski definition) is 2. The van der Waals surface area contributed by atoms with Crippen molar-refractivity contribution < 1.29 is 0 Å². The van der Waals surface area contributed by atoms with E-state index in [1.807, 2.05) is 6.07 Å². The standard InChI is InChI=1S/C18H20N4S/c19-13-6-8-14(9-7-13)22-17-16-15(12-4-2-1-3-5-12)10-23-18(16)21-11-20-17/h1-5,10-11,13-14H,6-9,19H2,(H,20,21,22). The summed E-state index contributed by atoms with van der Waals surface area (Å²) in [6.07, 6.45) is 6.04. The first-order valence-corrected chi connectivity index (χ1v) is 8.99. The summed E-state index contributed by atoms with van der Waals surface area (Å²) in [7, 11) is 0. The molecule has 4 nitrogen and oxygen atoms in total. The highest BCUT2D eigenvalue weighted by Crippen LogP contribution is 2.37. The molecule has 118 valence electrons. The molecule has 0 atom stereocenters. The average Bonchev–Trinajstić information content (AvgIpc) is 3.03. The monoisotopic (exact) mass is 324 g/mol. The van der Waals surface area contributed by atoms with Crippen molar-refractivity contribution in [3.05, 3.63) is 42.0 Å². The summed E-state index contributed by atoms with van der Waals surface area (Å²) in [5.74, 6) is 0.954. The van der Waals surface area contributed by atoms with Gasteiger partial charge in [-0.3, -0.25) is 0 Å². The van der Waals surface area contributed by atoms with E-state index >= 15 is 0 Å². The molecular weight excluding hydrogens is 304 g/mol. The van der Waals surface area contributed by atoms with Gasteiger partial charge in [-0.2, -0.15) is 0 Å². The van der Waals surface area contributed by atoms with E-state index < -0.39 is 0 Å². The molecule has 2 heterocycles. The number of aromatic nitrogens is 2. The van der Waals surface area contributed by atoms with Gasteiger partial charge in [0, 0.05) is 23.0 Å². The van der Waals surface area contributed by atoms with Crippen LogP contribution in [0.5, 0.6) is 0 Å². The molecule has 4 rings (SSSR count). The zero-order valence-corrected chi connectivity index (χ0v) is 13.7. The Hall–Kier alpha value is -1.98. The van der Waals surface area contributed by atoms with E-state index in [4.69, 9.17) is 5.73 Å². The molecular formula is C18H20N4S. The van der Waals surface area contributed by atoms with Crippen LogP contribution in [-0.2, 0) is 0 Å². The SMILES string of the molecule is NC1CCC(Nc2ncnc3scc(-c4ccccc4)c23)CC1. The van der Waals surface area contributed by atoms with Crippen molar-refractivity contribution in [3.8, 4) is 11.1 Å². The van der Waals surface area contributed by atoms with Crippen molar-refractivity contribution in [2.24, 2.45) is 5.73 Å². The maximum Gasteiger partial charge on any atom is 0.139 e. The van der Waals surface area contributed by atoms with E-state index in [-0.39, 0.29) is 0 Å². The zero-order valence-electron chi connectivity index (χ0n) is 12.9. The van der Waals surface area contributed by atoms with Crippen LogP contribution in [0.25, 0.3) is 21.3 Å². The molecule has 23 heavy (non-hydrogen) atoms. The van der Waals surface area contributed by atoms with Crippen LogP contribution in [0.4, 0.5) is 5.82 Å². The van der Waals surface area contributed by atoms with Crippen molar-refractivity contribution in [2.75, 3.05) is 5.32 Å².